The lowest BCUT2D eigenvalue weighted by Gasteiger charge is -2.11. The van der Waals surface area contributed by atoms with E-state index in [4.69, 9.17) is 9.47 Å². The summed E-state index contributed by atoms with van der Waals surface area (Å²) >= 11 is 0. The lowest BCUT2D eigenvalue weighted by Crippen LogP contribution is -2.15. The van der Waals surface area contributed by atoms with Gasteiger partial charge in [0.25, 0.3) is 5.91 Å². The Morgan fingerprint density at radius 1 is 1.00 bits per heavy atom. The molecule has 0 aliphatic carbocycles. The number of fused-ring (bicyclic) bond motifs is 1. The molecular weight excluding hydrogens is 292 g/mol. The molecule has 1 amide bonds. The lowest BCUT2D eigenvalue weighted by molar-refractivity contribution is 0.101. The number of para-hydroxylation sites is 1. The maximum absolute atomic E-state index is 12.6. The number of hydrogen-bond donors (Lipinski definition) is 1. The molecule has 0 saturated carbocycles. The second kappa shape index (κ2) is 6.04. The highest BCUT2D eigenvalue weighted by Gasteiger charge is 2.14. The summed E-state index contributed by atoms with van der Waals surface area (Å²) in [4.78, 5) is 12.6. The second-order valence-corrected chi connectivity index (χ2v) is 5.17. The summed E-state index contributed by atoms with van der Waals surface area (Å²) in [5.41, 5.74) is 2.27. The molecule has 0 spiro atoms. The van der Waals surface area contributed by atoms with Crippen molar-refractivity contribution in [1.82, 2.24) is 4.57 Å². The molecule has 118 valence electrons. The summed E-state index contributed by atoms with van der Waals surface area (Å²) in [5.74, 6) is 1.02. The molecule has 2 aromatic carbocycles. The SMILES string of the molecule is COc1ccc(NC(=O)c2cc3ccccc3n2C)cc1OC. The van der Waals surface area contributed by atoms with Crippen molar-refractivity contribution in [2.75, 3.05) is 19.5 Å². The van der Waals surface area contributed by atoms with Crippen molar-refractivity contribution in [3.63, 3.8) is 0 Å². The first-order valence-electron chi connectivity index (χ1n) is 7.22. The van der Waals surface area contributed by atoms with E-state index in [1.807, 2.05) is 41.9 Å². The fraction of sp³-hybridized carbons (Fsp3) is 0.167. The van der Waals surface area contributed by atoms with Gasteiger partial charge in [0.1, 0.15) is 5.69 Å². The number of aromatic nitrogens is 1. The molecular formula is C18H18N2O3. The van der Waals surface area contributed by atoms with E-state index >= 15 is 0 Å². The van der Waals surface area contributed by atoms with Crippen LogP contribution in [0.2, 0.25) is 0 Å². The number of nitrogens with zero attached hydrogens (tertiary/aromatic N) is 1. The maximum Gasteiger partial charge on any atom is 0.272 e. The third-order valence-corrected chi connectivity index (χ3v) is 3.83. The predicted octanol–water partition coefficient (Wildman–Crippen LogP) is 3.45. The zero-order chi connectivity index (χ0) is 16.4. The van der Waals surface area contributed by atoms with Crippen LogP contribution in [-0.4, -0.2) is 24.7 Å². The second-order valence-electron chi connectivity index (χ2n) is 5.17. The van der Waals surface area contributed by atoms with Gasteiger partial charge in [-0.1, -0.05) is 18.2 Å². The van der Waals surface area contributed by atoms with Gasteiger partial charge < -0.3 is 19.4 Å². The van der Waals surface area contributed by atoms with Gasteiger partial charge in [0.05, 0.1) is 14.2 Å². The molecule has 0 unspecified atom stereocenters. The van der Waals surface area contributed by atoms with Crippen LogP contribution in [0.5, 0.6) is 11.5 Å². The molecule has 23 heavy (non-hydrogen) atoms. The molecule has 0 fully saturated rings. The minimum Gasteiger partial charge on any atom is -0.493 e. The molecule has 1 heterocycles. The van der Waals surface area contributed by atoms with Crippen LogP contribution < -0.4 is 14.8 Å². The Hall–Kier alpha value is -2.95. The van der Waals surface area contributed by atoms with Gasteiger partial charge in [0.15, 0.2) is 11.5 Å². The summed E-state index contributed by atoms with van der Waals surface area (Å²) in [6, 6.07) is 15.0. The van der Waals surface area contributed by atoms with Gasteiger partial charge in [-0.2, -0.15) is 0 Å². The Morgan fingerprint density at radius 2 is 1.74 bits per heavy atom. The monoisotopic (exact) mass is 310 g/mol. The first-order valence-corrected chi connectivity index (χ1v) is 7.22. The Labute approximate surface area is 134 Å². The summed E-state index contributed by atoms with van der Waals surface area (Å²) in [5, 5.41) is 3.93. The zero-order valence-corrected chi connectivity index (χ0v) is 13.3. The number of nitrogens with one attached hydrogen (secondary N) is 1. The first-order chi connectivity index (χ1) is 11.1. The molecule has 0 aliphatic rings. The molecule has 0 atom stereocenters. The topological polar surface area (TPSA) is 52.5 Å². The number of carbonyl (C=O) groups is 1. The van der Waals surface area contributed by atoms with Crippen molar-refractivity contribution in [2.24, 2.45) is 7.05 Å². The van der Waals surface area contributed by atoms with E-state index in [1.165, 1.54) is 0 Å². The highest BCUT2D eigenvalue weighted by molar-refractivity contribution is 6.06. The molecule has 1 aromatic heterocycles. The van der Waals surface area contributed by atoms with E-state index in [9.17, 15) is 4.79 Å². The smallest absolute Gasteiger partial charge is 0.272 e. The molecule has 0 bridgehead atoms. The van der Waals surface area contributed by atoms with E-state index in [0.29, 0.717) is 22.9 Å². The van der Waals surface area contributed by atoms with E-state index < -0.39 is 0 Å². The molecule has 0 aliphatic heterocycles. The summed E-state index contributed by atoms with van der Waals surface area (Å²) in [6.45, 7) is 0. The fourth-order valence-corrected chi connectivity index (χ4v) is 2.62. The minimum atomic E-state index is -0.170. The molecule has 0 saturated heterocycles. The quantitative estimate of drug-likeness (QED) is 0.803. The van der Waals surface area contributed by atoms with Crippen LogP contribution in [-0.2, 0) is 7.05 Å². The minimum absolute atomic E-state index is 0.170. The van der Waals surface area contributed by atoms with Crippen LogP contribution in [0.1, 0.15) is 10.5 Å². The van der Waals surface area contributed by atoms with Crippen LogP contribution in [0.25, 0.3) is 10.9 Å². The van der Waals surface area contributed by atoms with Crippen molar-refractivity contribution in [1.29, 1.82) is 0 Å². The van der Waals surface area contributed by atoms with E-state index in [2.05, 4.69) is 5.32 Å². The van der Waals surface area contributed by atoms with Gasteiger partial charge in [0, 0.05) is 29.7 Å². The van der Waals surface area contributed by atoms with Gasteiger partial charge in [-0.15, -0.1) is 0 Å². The lowest BCUT2D eigenvalue weighted by atomic mass is 10.2. The first kappa shape index (κ1) is 15.0. The van der Waals surface area contributed by atoms with Crippen LogP contribution in [0.4, 0.5) is 5.69 Å². The number of amides is 1. The predicted molar refractivity (Wildman–Crippen MR) is 90.4 cm³/mol. The van der Waals surface area contributed by atoms with Crippen molar-refractivity contribution < 1.29 is 14.3 Å². The Morgan fingerprint density at radius 3 is 2.43 bits per heavy atom. The van der Waals surface area contributed by atoms with Crippen molar-refractivity contribution in [3.05, 3.63) is 54.2 Å². The van der Waals surface area contributed by atoms with Gasteiger partial charge in [-0.25, -0.2) is 0 Å². The number of carbonyl (C=O) groups excluding carboxylic acids is 1. The fourth-order valence-electron chi connectivity index (χ4n) is 2.62. The molecule has 5 heteroatoms. The normalized spacial score (nSPS) is 10.6. The summed E-state index contributed by atoms with van der Waals surface area (Å²) in [6.07, 6.45) is 0. The number of methoxy groups -OCH3 is 2. The highest BCUT2D eigenvalue weighted by Crippen LogP contribution is 2.30. The van der Waals surface area contributed by atoms with Gasteiger partial charge in [-0.3, -0.25) is 4.79 Å². The molecule has 0 radical (unpaired) electrons. The molecule has 3 rings (SSSR count). The standard InChI is InChI=1S/C18H18N2O3/c1-20-14-7-5-4-6-12(14)10-15(20)18(21)19-13-8-9-16(22-2)17(11-13)23-3/h4-11H,1-3H3,(H,19,21). The van der Waals surface area contributed by atoms with Crippen LogP contribution in [0.15, 0.2) is 48.5 Å². The van der Waals surface area contributed by atoms with Crippen LogP contribution in [0.3, 0.4) is 0 Å². The van der Waals surface area contributed by atoms with Crippen LogP contribution >= 0.6 is 0 Å². The largest absolute Gasteiger partial charge is 0.493 e. The zero-order valence-electron chi connectivity index (χ0n) is 13.3. The van der Waals surface area contributed by atoms with Gasteiger partial charge >= 0.3 is 0 Å². The van der Waals surface area contributed by atoms with E-state index in [0.717, 1.165) is 10.9 Å². The molecule has 5 nitrogen and oxygen atoms in total. The Bertz CT molecular complexity index is 868. The Kier molecular flexibility index (Phi) is 3.93. The van der Waals surface area contributed by atoms with E-state index in [1.54, 1.807) is 32.4 Å². The average Bonchev–Trinajstić information content (AvgIpc) is 2.92. The van der Waals surface area contributed by atoms with Crippen LogP contribution in [0, 0.1) is 0 Å². The number of aryl methyl sites for hydroxylation is 1. The summed E-state index contributed by atoms with van der Waals surface area (Å²) in [7, 11) is 5.02. The number of rotatable bonds is 4. The maximum atomic E-state index is 12.6. The average molecular weight is 310 g/mol. The summed E-state index contributed by atoms with van der Waals surface area (Å²) < 4.78 is 12.3. The number of hydrogen-bond acceptors (Lipinski definition) is 3. The third-order valence-electron chi connectivity index (χ3n) is 3.83. The van der Waals surface area contributed by atoms with Crippen molar-refractivity contribution in [3.8, 4) is 11.5 Å². The number of ether oxygens (including phenoxy) is 2. The number of anilines is 1. The third kappa shape index (κ3) is 2.73. The van der Waals surface area contributed by atoms with Crippen molar-refractivity contribution in [2.45, 2.75) is 0 Å². The molecule has 3 aromatic rings. The Balaban J connectivity index is 1.90. The highest BCUT2D eigenvalue weighted by atomic mass is 16.5. The van der Waals surface area contributed by atoms with Gasteiger partial charge in [0.2, 0.25) is 0 Å². The van der Waals surface area contributed by atoms with E-state index in [-0.39, 0.29) is 5.91 Å². The van der Waals surface area contributed by atoms with Crippen molar-refractivity contribution >= 4 is 22.5 Å². The van der Waals surface area contributed by atoms with Gasteiger partial charge in [-0.05, 0) is 24.3 Å². The number of benzene rings is 2. The molecule has 1 N–H and O–H groups in total.